The zero-order valence-corrected chi connectivity index (χ0v) is 14.2. The lowest BCUT2D eigenvalue weighted by molar-refractivity contribution is -0.142. The van der Waals surface area contributed by atoms with Gasteiger partial charge in [-0.15, -0.1) is 11.3 Å². The Morgan fingerprint density at radius 2 is 2.23 bits per heavy atom. The lowest BCUT2D eigenvalue weighted by atomic mass is 9.97. The van der Waals surface area contributed by atoms with E-state index in [1.54, 1.807) is 25.2 Å². The molecule has 0 aliphatic heterocycles. The van der Waals surface area contributed by atoms with Crippen LogP contribution in [0.15, 0.2) is 9.95 Å². The lowest BCUT2D eigenvalue weighted by Gasteiger charge is -2.10. The van der Waals surface area contributed by atoms with Crippen molar-refractivity contribution in [2.45, 2.75) is 49.9 Å². The number of ether oxygens (including phenoxy) is 1. The van der Waals surface area contributed by atoms with Crippen molar-refractivity contribution in [3.05, 3.63) is 20.8 Å². The zero-order chi connectivity index (χ0) is 15.7. The number of hydrogen-bond donors (Lipinski definition) is 1. The number of aromatic amines is 1. The predicted molar refractivity (Wildman–Crippen MR) is 88.8 cm³/mol. The van der Waals surface area contributed by atoms with E-state index in [0.717, 1.165) is 29.5 Å². The largest absolute Gasteiger partial charge is 0.465 e. The summed E-state index contributed by atoms with van der Waals surface area (Å²) in [6.07, 6.45) is 4.32. The Labute approximate surface area is 136 Å². The van der Waals surface area contributed by atoms with Crippen molar-refractivity contribution < 1.29 is 9.53 Å². The van der Waals surface area contributed by atoms with Gasteiger partial charge < -0.3 is 9.72 Å². The van der Waals surface area contributed by atoms with Crippen LogP contribution in [0.3, 0.4) is 0 Å². The molecule has 3 rings (SSSR count). The second kappa shape index (κ2) is 6.42. The highest BCUT2D eigenvalue weighted by molar-refractivity contribution is 8.00. The third-order valence-corrected chi connectivity index (χ3v) is 5.86. The van der Waals surface area contributed by atoms with Gasteiger partial charge in [0.2, 0.25) is 0 Å². The van der Waals surface area contributed by atoms with E-state index in [-0.39, 0.29) is 11.5 Å². The van der Waals surface area contributed by atoms with Gasteiger partial charge in [0, 0.05) is 4.88 Å². The molecule has 1 aliphatic carbocycles. The molecule has 0 saturated carbocycles. The number of thioether (sulfide) groups is 1. The predicted octanol–water partition coefficient (Wildman–Crippen LogP) is 2.91. The highest BCUT2D eigenvalue weighted by Crippen LogP contribution is 2.34. The van der Waals surface area contributed by atoms with Gasteiger partial charge in [0.1, 0.15) is 10.1 Å². The van der Waals surface area contributed by atoms with E-state index in [1.165, 1.54) is 28.6 Å². The van der Waals surface area contributed by atoms with E-state index in [4.69, 9.17) is 4.74 Å². The van der Waals surface area contributed by atoms with Crippen LogP contribution in [-0.2, 0) is 22.4 Å². The number of nitrogens with one attached hydrogen (secondary N) is 1. The molecular weight excluding hydrogens is 320 g/mol. The maximum absolute atomic E-state index is 12.4. The minimum Gasteiger partial charge on any atom is -0.465 e. The Balaban J connectivity index is 1.93. The van der Waals surface area contributed by atoms with Gasteiger partial charge in [-0.1, -0.05) is 11.8 Å². The van der Waals surface area contributed by atoms with Gasteiger partial charge in [0.05, 0.1) is 12.0 Å². The van der Waals surface area contributed by atoms with Gasteiger partial charge in [-0.25, -0.2) is 4.98 Å². The number of aromatic nitrogens is 2. The summed E-state index contributed by atoms with van der Waals surface area (Å²) >= 11 is 2.85. The van der Waals surface area contributed by atoms with E-state index in [0.29, 0.717) is 11.8 Å². The number of hydrogen-bond acceptors (Lipinski definition) is 6. The van der Waals surface area contributed by atoms with Crippen LogP contribution in [0.1, 0.15) is 37.1 Å². The second-order valence-electron chi connectivity index (χ2n) is 5.27. The minimum atomic E-state index is -0.393. The average Bonchev–Trinajstić information content (AvgIpc) is 2.85. The number of carbonyl (C=O) groups excluding carboxylic acids is 1. The lowest BCUT2D eigenvalue weighted by Crippen LogP contribution is -2.18. The summed E-state index contributed by atoms with van der Waals surface area (Å²) in [4.78, 5) is 33.5. The highest BCUT2D eigenvalue weighted by atomic mass is 32.2. The second-order valence-corrected chi connectivity index (χ2v) is 7.69. The summed E-state index contributed by atoms with van der Waals surface area (Å²) in [6, 6.07) is 0. The van der Waals surface area contributed by atoms with Crippen molar-refractivity contribution in [1.29, 1.82) is 0 Å². The smallest absolute Gasteiger partial charge is 0.319 e. The molecular formula is C15H18N2O3S2. The highest BCUT2D eigenvalue weighted by Gasteiger charge is 2.22. The van der Waals surface area contributed by atoms with Crippen LogP contribution in [0.25, 0.3) is 10.2 Å². The summed E-state index contributed by atoms with van der Waals surface area (Å²) in [5.41, 5.74) is 1.08. The molecule has 2 aromatic heterocycles. The quantitative estimate of drug-likeness (QED) is 0.527. The molecule has 2 aromatic rings. The van der Waals surface area contributed by atoms with Crippen LogP contribution >= 0.6 is 23.1 Å². The van der Waals surface area contributed by atoms with Crippen molar-refractivity contribution in [1.82, 2.24) is 9.97 Å². The summed E-state index contributed by atoms with van der Waals surface area (Å²) in [7, 11) is 0. The van der Waals surface area contributed by atoms with Crippen LogP contribution in [0.2, 0.25) is 0 Å². The van der Waals surface area contributed by atoms with Gasteiger partial charge in [0.15, 0.2) is 5.16 Å². The molecule has 0 saturated heterocycles. The fraction of sp³-hybridized carbons (Fsp3) is 0.533. The SMILES string of the molecule is CCOC(=O)[C@@H](C)Sc1nc2sc3c(c2c(=O)[nH]1)CCCC3. The van der Waals surface area contributed by atoms with E-state index in [1.807, 2.05) is 0 Å². The maximum atomic E-state index is 12.4. The molecule has 7 heteroatoms. The summed E-state index contributed by atoms with van der Waals surface area (Å²) in [5.74, 6) is -0.291. The monoisotopic (exact) mass is 338 g/mol. The fourth-order valence-electron chi connectivity index (χ4n) is 2.68. The Kier molecular flexibility index (Phi) is 4.54. The maximum Gasteiger partial charge on any atom is 0.319 e. The summed E-state index contributed by atoms with van der Waals surface area (Å²) < 4.78 is 4.98. The number of H-pyrrole nitrogens is 1. The van der Waals surface area contributed by atoms with Crippen molar-refractivity contribution in [2.24, 2.45) is 0 Å². The first-order valence-electron chi connectivity index (χ1n) is 7.48. The molecule has 0 radical (unpaired) electrons. The molecule has 1 aliphatic rings. The number of fused-ring (bicyclic) bond motifs is 3. The number of carbonyl (C=O) groups is 1. The first-order valence-corrected chi connectivity index (χ1v) is 9.17. The van der Waals surface area contributed by atoms with E-state index >= 15 is 0 Å². The Morgan fingerprint density at radius 3 is 3.00 bits per heavy atom. The molecule has 0 aromatic carbocycles. The molecule has 5 nitrogen and oxygen atoms in total. The third kappa shape index (κ3) is 2.92. The molecule has 2 heterocycles. The fourth-order valence-corrected chi connectivity index (χ4v) is 4.79. The number of rotatable bonds is 4. The van der Waals surface area contributed by atoms with Crippen LogP contribution in [0, 0.1) is 0 Å². The number of aryl methyl sites for hydroxylation is 2. The first kappa shape index (κ1) is 15.6. The van der Waals surface area contributed by atoms with Crippen LogP contribution in [0.4, 0.5) is 0 Å². The van der Waals surface area contributed by atoms with E-state index in [9.17, 15) is 9.59 Å². The zero-order valence-electron chi connectivity index (χ0n) is 12.6. The van der Waals surface area contributed by atoms with Crippen LogP contribution in [-0.4, -0.2) is 27.8 Å². The number of thiophene rings is 1. The Hall–Kier alpha value is -1.34. The van der Waals surface area contributed by atoms with Gasteiger partial charge >= 0.3 is 5.97 Å². The standard InChI is InChI=1S/C15H18N2O3S2/c1-3-20-14(19)8(2)21-15-16-12(18)11-9-6-4-5-7-10(9)22-13(11)17-15/h8H,3-7H2,1-2H3,(H,16,17,18)/t8-/m1/s1. The Bertz CT molecular complexity index is 766. The van der Waals surface area contributed by atoms with E-state index < -0.39 is 5.25 Å². The van der Waals surface area contributed by atoms with Gasteiger partial charge in [-0.05, 0) is 45.1 Å². The molecule has 1 N–H and O–H groups in total. The molecule has 1 atom stereocenters. The minimum absolute atomic E-state index is 0.0945. The summed E-state index contributed by atoms with van der Waals surface area (Å²) in [5, 5.41) is 0.833. The molecule has 0 fully saturated rings. The first-order chi connectivity index (χ1) is 10.6. The van der Waals surface area contributed by atoms with Crippen molar-refractivity contribution in [3.63, 3.8) is 0 Å². The van der Waals surface area contributed by atoms with Gasteiger partial charge in [-0.2, -0.15) is 0 Å². The van der Waals surface area contributed by atoms with Gasteiger partial charge in [-0.3, -0.25) is 9.59 Å². The number of esters is 1. The molecule has 22 heavy (non-hydrogen) atoms. The van der Waals surface area contributed by atoms with Crippen molar-refractivity contribution >= 4 is 39.3 Å². The molecule has 0 amide bonds. The topological polar surface area (TPSA) is 72.0 Å². The third-order valence-electron chi connectivity index (χ3n) is 3.71. The molecule has 118 valence electrons. The van der Waals surface area contributed by atoms with Crippen molar-refractivity contribution in [3.8, 4) is 0 Å². The normalized spacial score (nSPS) is 15.5. The summed E-state index contributed by atoms with van der Waals surface area (Å²) in [6.45, 7) is 3.88. The van der Waals surface area contributed by atoms with Gasteiger partial charge in [0.25, 0.3) is 5.56 Å². The number of nitrogens with zero attached hydrogens (tertiary/aromatic N) is 1. The molecule has 0 unspecified atom stereocenters. The van der Waals surface area contributed by atoms with Crippen LogP contribution in [0.5, 0.6) is 0 Å². The molecule has 0 bridgehead atoms. The Morgan fingerprint density at radius 1 is 1.45 bits per heavy atom. The molecule has 0 spiro atoms. The van der Waals surface area contributed by atoms with Crippen molar-refractivity contribution in [2.75, 3.05) is 6.61 Å². The average molecular weight is 338 g/mol. The van der Waals surface area contributed by atoms with Crippen LogP contribution < -0.4 is 5.56 Å². The van der Waals surface area contributed by atoms with E-state index in [2.05, 4.69) is 9.97 Å².